The van der Waals surface area contributed by atoms with Crippen molar-refractivity contribution in [3.63, 3.8) is 0 Å². The zero-order valence-electron chi connectivity index (χ0n) is 23.8. The minimum absolute atomic E-state index is 0.0910. The Hall–Kier alpha value is -3.20. The lowest BCUT2D eigenvalue weighted by molar-refractivity contribution is -0.122. The molecule has 1 amide bonds. The molecule has 2 saturated heterocycles. The first-order chi connectivity index (χ1) is 19.8. The highest BCUT2D eigenvalue weighted by Crippen LogP contribution is 2.36. The molecular weight excluding hydrogens is 561 g/mol. The second-order valence-corrected chi connectivity index (χ2v) is 11.7. The van der Waals surface area contributed by atoms with E-state index in [2.05, 4.69) is 22.8 Å². The highest BCUT2D eigenvalue weighted by atomic mass is 32.2. The molecule has 4 rings (SSSR count). The van der Waals surface area contributed by atoms with Crippen LogP contribution in [-0.2, 0) is 16.1 Å². The van der Waals surface area contributed by atoms with Gasteiger partial charge >= 0.3 is 0 Å². The van der Waals surface area contributed by atoms with E-state index < -0.39 is 0 Å². The smallest absolute Gasteiger partial charge is 0.270 e. The number of unbranched alkanes of at least 4 members (excludes halogenated alkanes) is 1. The van der Waals surface area contributed by atoms with Crippen LogP contribution in [0.4, 0.5) is 15.9 Å². The minimum atomic E-state index is -0.310. The monoisotopic (exact) mass is 597 g/mol. The molecule has 1 aromatic heterocycles. The maximum absolute atomic E-state index is 13.6. The van der Waals surface area contributed by atoms with Crippen molar-refractivity contribution in [3.8, 4) is 6.07 Å². The molecule has 41 heavy (non-hydrogen) atoms. The van der Waals surface area contributed by atoms with E-state index in [4.69, 9.17) is 17.0 Å². The Morgan fingerprint density at radius 1 is 1.07 bits per heavy atom. The van der Waals surface area contributed by atoms with Crippen LogP contribution in [0.1, 0.15) is 49.8 Å². The van der Waals surface area contributed by atoms with E-state index >= 15 is 0 Å². The molecule has 218 valence electrons. The van der Waals surface area contributed by atoms with Crippen LogP contribution >= 0.6 is 24.0 Å². The SMILES string of the molecule is CCCCn1c(N2CCN(c3ccc(F)cc3)CC2)c(/C=C2/SC(=S)N(CCCOCC)C2=O)c(C)c(C#N)c1=O. The number of nitriles is 1. The number of anilines is 2. The Labute approximate surface area is 250 Å². The van der Waals surface area contributed by atoms with Crippen molar-refractivity contribution in [2.75, 3.05) is 55.7 Å². The molecule has 0 N–H and O–H groups in total. The van der Waals surface area contributed by atoms with Gasteiger partial charge in [0.1, 0.15) is 27.6 Å². The number of hydrogen-bond acceptors (Lipinski definition) is 8. The fourth-order valence-corrected chi connectivity index (χ4v) is 6.42. The van der Waals surface area contributed by atoms with Crippen LogP contribution < -0.4 is 15.4 Å². The van der Waals surface area contributed by atoms with Crippen LogP contribution in [0.5, 0.6) is 0 Å². The number of pyridine rings is 1. The van der Waals surface area contributed by atoms with Crippen LogP contribution in [0.25, 0.3) is 6.08 Å². The summed E-state index contributed by atoms with van der Waals surface area (Å²) >= 11 is 6.78. The van der Waals surface area contributed by atoms with E-state index in [1.165, 1.54) is 23.9 Å². The van der Waals surface area contributed by atoms with Gasteiger partial charge in [-0.25, -0.2) is 4.39 Å². The van der Waals surface area contributed by atoms with E-state index in [0.29, 0.717) is 79.3 Å². The Balaban J connectivity index is 1.72. The van der Waals surface area contributed by atoms with E-state index in [1.807, 2.05) is 13.0 Å². The number of benzene rings is 1. The third kappa shape index (κ3) is 6.83. The molecule has 0 radical (unpaired) electrons. The number of thioether (sulfide) groups is 1. The Kier molecular flexibility index (Phi) is 10.6. The number of amides is 1. The summed E-state index contributed by atoms with van der Waals surface area (Å²) < 4.78 is 21.1. The molecule has 2 fully saturated rings. The Morgan fingerprint density at radius 3 is 2.39 bits per heavy atom. The van der Waals surface area contributed by atoms with Crippen LogP contribution in [-0.4, -0.2) is 65.6 Å². The second kappa shape index (κ2) is 14.1. The quantitative estimate of drug-likeness (QED) is 0.205. The number of carbonyl (C=O) groups is 1. The second-order valence-electron chi connectivity index (χ2n) is 9.99. The summed E-state index contributed by atoms with van der Waals surface area (Å²) in [6.07, 6.45) is 4.14. The maximum atomic E-state index is 13.6. The number of aromatic nitrogens is 1. The zero-order valence-corrected chi connectivity index (χ0v) is 25.5. The largest absolute Gasteiger partial charge is 0.382 e. The molecule has 0 saturated carbocycles. The van der Waals surface area contributed by atoms with Crippen molar-refractivity contribution in [2.45, 2.75) is 46.6 Å². The first-order valence-corrected chi connectivity index (χ1v) is 15.3. The van der Waals surface area contributed by atoms with E-state index in [0.717, 1.165) is 24.3 Å². The van der Waals surface area contributed by atoms with Gasteiger partial charge in [0.2, 0.25) is 0 Å². The number of halogens is 1. The lowest BCUT2D eigenvalue weighted by Crippen LogP contribution is -2.48. The van der Waals surface area contributed by atoms with Gasteiger partial charge in [0.25, 0.3) is 11.5 Å². The summed E-state index contributed by atoms with van der Waals surface area (Å²) in [6.45, 7) is 10.5. The molecule has 0 bridgehead atoms. The molecule has 2 aliphatic heterocycles. The summed E-state index contributed by atoms with van der Waals surface area (Å²) in [7, 11) is 0. The number of hydrogen-bond donors (Lipinski definition) is 0. The number of nitrogens with zero attached hydrogens (tertiary/aromatic N) is 5. The summed E-state index contributed by atoms with van der Waals surface area (Å²) in [6, 6.07) is 8.58. The third-order valence-corrected chi connectivity index (χ3v) is 8.75. The Morgan fingerprint density at radius 2 is 1.76 bits per heavy atom. The fraction of sp³-hybridized carbons (Fsp3) is 0.467. The summed E-state index contributed by atoms with van der Waals surface area (Å²) in [5.74, 6) is 0.276. The number of piperazine rings is 1. The highest BCUT2D eigenvalue weighted by Gasteiger charge is 2.33. The van der Waals surface area contributed by atoms with Crippen molar-refractivity contribution in [1.29, 1.82) is 5.26 Å². The van der Waals surface area contributed by atoms with Crippen molar-refractivity contribution in [1.82, 2.24) is 9.47 Å². The zero-order chi connectivity index (χ0) is 29.5. The van der Waals surface area contributed by atoms with Crippen LogP contribution in [0.3, 0.4) is 0 Å². The summed E-state index contributed by atoms with van der Waals surface area (Å²) in [5, 5.41) is 9.95. The van der Waals surface area contributed by atoms with Gasteiger partial charge in [-0.05, 0) is 62.6 Å². The van der Waals surface area contributed by atoms with Crippen molar-refractivity contribution < 1.29 is 13.9 Å². The summed E-state index contributed by atoms with van der Waals surface area (Å²) in [5.41, 5.74) is 1.98. The molecule has 0 aliphatic carbocycles. The molecule has 2 aromatic rings. The molecule has 0 unspecified atom stereocenters. The van der Waals surface area contributed by atoms with Gasteiger partial charge in [-0.15, -0.1) is 0 Å². The maximum Gasteiger partial charge on any atom is 0.270 e. The normalized spacial score (nSPS) is 16.7. The van der Waals surface area contributed by atoms with Gasteiger partial charge in [0.15, 0.2) is 0 Å². The predicted octanol–water partition coefficient (Wildman–Crippen LogP) is 4.92. The van der Waals surface area contributed by atoms with Crippen molar-refractivity contribution >= 4 is 51.8 Å². The van der Waals surface area contributed by atoms with Crippen LogP contribution in [0.15, 0.2) is 34.0 Å². The van der Waals surface area contributed by atoms with Crippen LogP contribution in [0.2, 0.25) is 0 Å². The van der Waals surface area contributed by atoms with Crippen molar-refractivity contribution in [3.05, 3.63) is 62.0 Å². The topological polar surface area (TPSA) is 81.8 Å². The lowest BCUT2D eigenvalue weighted by atomic mass is 10.0. The minimum Gasteiger partial charge on any atom is -0.382 e. The number of carbonyl (C=O) groups excluding carboxylic acids is 1. The molecule has 8 nitrogen and oxygen atoms in total. The number of ether oxygens (including phenoxy) is 1. The van der Waals surface area contributed by atoms with Gasteiger partial charge < -0.3 is 14.5 Å². The van der Waals surface area contributed by atoms with E-state index in [9.17, 15) is 19.2 Å². The first kappa shape index (κ1) is 30.8. The Bertz CT molecular complexity index is 1410. The van der Waals surface area contributed by atoms with Crippen LogP contribution in [0, 0.1) is 24.1 Å². The molecule has 1 aromatic carbocycles. The van der Waals surface area contributed by atoms with Crippen molar-refractivity contribution in [2.24, 2.45) is 0 Å². The van der Waals surface area contributed by atoms with Gasteiger partial charge in [-0.3, -0.25) is 19.1 Å². The standard InChI is InChI=1S/C30H36FN5O3S2/c1-4-6-12-35-27(34-16-14-33(15-17-34)23-10-8-22(31)9-11-23)24(21(3)25(20-32)28(35)37)19-26-29(38)36(30(40)41-26)13-7-18-39-5-2/h8-11,19H,4-7,12-18H2,1-3H3/b26-19+. The molecular formula is C30H36FN5O3S2. The lowest BCUT2D eigenvalue weighted by Gasteiger charge is -2.39. The molecule has 2 aliphatic rings. The van der Waals surface area contributed by atoms with Gasteiger partial charge in [0, 0.05) is 63.7 Å². The van der Waals surface area contributed by atoms with E-state index in [-0.39, 0.29) is 22.8 Å². The molecule has 0 atom stereocenters. The highest BCUT2D eigenvalue weighted by molar-refractivity contribution is 8.26. The molecule has 11 heteroatoms. The van der Waals surface area contributed by atoms with Gasteiger partial charge in [0.05, 0.1) is 4.91 Å². The van der Waals surface area contributed by atoms with Gasteiger partial charge in [-0.1, -0.05) is 37.3 Å². The van der Waals surface area contributed by atoms with E-state index in [1.54, 1.807) is 28.5 Å². The predicted molar refractivity (Wildman–Crippen MR) is 167 cm³/mol. The molecule has 3 heterocycles. The first-order valence-electron chi connectivity index (χ1n) is 14.1. The average Bonchev–Trinajstić information content (AvgIpc) is 3.24. The third-order valence-electron chi connectivity index (χ3n) is 7.38. The number of rotatable bonds is 11. The molecule has 0 spiro atoms. The van der Waals surface area contributed by atoms with Gasteiger partial charge in [-0.2, -0.15) is 5.26 Å². The fourth-order valence-electron chi connectivity index (χ4n) is 5.13. The average molecular weight is 598 g/mol. The summed E-state index contributed by atoms with van der Waals surface area (Å²) in [4.78, 5) is 33.4. The number of thiocarbonyl (C=S) groups is 1.